The van der Waals surface area contributed by atoms with E-state index in [2.05, 4.69) is 39.9 Å². The molecule has 3 rings (SSSR count). The van der Waals surface area contributed by atoms with E-state index < -0.39 is 0 Å². The number of halogens is 1. The molecule has 2 N–H and O–H groups in total. The van der Waals surface area contributed by atoms with Crippen molar-refractivity contribution in [2.45, 2.75) is 38.5 Å². The molecule has 0 radical (unpaired) electrons. The van der Waals surface area contributed by atoms with E-state index in [0.717, 1.165) is 50.5 Å². The van der Waals surface area contributed by atoms with Crippen LogP contribution in [0.15, 0.2) is 53.5 Å². The fraction of sp³-hybridized carbons (Fsp3) is 0.435. The SMILES string of the molecule is CN=C(NCCc1ccc(F)cc1)NCc1cccc(COC2CCOCC2)c1. The predicted octanol–water partition coefficient (Wildman–Crippen LogP) is 3.43. The summed E-state index contributed by atoms with van der Waals surface area (Å²) in [5.41, 5.74) is 3.45. The molecule has 0 aliphatic carbocycles. The topological polar surface area (TPSA) is 54.9 Å². The quantitative estimate of drug-likeness (QED) is 0.528. The summed E-state index contributed by atoms with van der Waals surface area (Å²) < 4.78 is 24.4. The van der Waals surface area contributed by atoms with Crippen LogP contribution in [-0.2, 0) is 29.0 Å². The van der Waals surface area contributed by atoms with Crippen molar-refractivity contribution >= 4 is 5.96 Å². The molecule has 5 nitrogen and oxygen atoms in total. The molecule has 0 aromatic heterocycles. The van der Waals surface area contributed by atoms with Gasteiger partial charge in [-0.3, -0.25) is 4.99 Å². The highest BCUT2D eigenvalue weighted by atomic mass is 19.1. The Balaban J connectivity index is 1.41. The van der Waals surface area contributed by atoms with Gasteiger partial charge in [0, 0.05) is 33.4 Å². The number of rotatable bonds is 8. The highest BCUT2D eigenvalue weighted by Crippen LogP contribution is 2.14. The number of aliphatic imine (C=N–C) groups is 1. The van der Waals surface area contributed by atoms with Crippen molar-refractivity contribution in [3.05, 3.63) is 71.0 Å². The number of guanidine groups is 1. The maximum Gasteiger partial charge on any atom is 0.191 e. The average Bonchev–Trinajstić information content (AvgIpc) is 2.77. The summed E-state index contributed by atoms with van der Waals surface area (Å²) >= 11 is 0. The van der Waals surface area contributed by atoms with Crippen LogP contribution < -0.4 is 10.6 Å². The summed E-state index contributed by atoms with van der Waals surface area (Å²) in [6.07, 6.45) is 3.05. The van der Waals surface area contributed by atoms with Crippen molar-refractivity contribution in [1.29, 1.82) is 0 Å². The number of hydrogen-bond donors (Lipinski definition) is 2. The Labute approximate surface area is 172 Å². The van der Waals surface area contributed by atoms with Crippen LogP contribution in [0, 0.1) is 5.82 Å². The molecule has 0 saturated carbocycles. The zero-order chi connectivity index (χ0) is 20.3. The molecule has 0 unspecified atom stereocenters. The lowest BCUT2D eigenvalue weighted by Gasteiger charge is -2.22. The number of nitrogens with one attached hydrogen (secondary N) is 2. The minimum absolute atomic E-state index is 0.209. The van der Waals surface area contributed by atoms with Gasteiger partial charge in [0.2, 0.25) is 0 Å². The van der Waals surface area contributed by atoms with Crippen molar-refractivity contribution in [2.24, 2.45) is 4.99 Å². The Bertz CT molecular complexity index is 774. The van der Waals surface area contributed by atoms with E-state index in [4.69, 9.17) is 9.47 Å². The van der Waals surface area contributed by atoms with Crippen LogP contribution in [0.2, 0.25) is 0 Å². The van der Waals surface area contributed by atoms with Crippen molar-refractivity contribution < 1.29 is 13.9 Å². The fourth-order valence-electron chi connectivity index (χ4n) is 3.27. The summed E-state index contributed by atoms with van der Waals surface area (Å²) in [4.78, 5) is 4.27. The summed E-state index contributed by atoms with van der Waals surface area (Å²) in [5.74, 6) is 0.538. The third-order valence-corrected chi connectivity index (χ3v) is 4.95. The second-order valence-electron chi connectivity index (χ2n) is 7.17. The van der Waals surface area contributed by atoms with E-state index in [9.17, 15) is 4.39 Å². The monoisotopic (exact) mass is 399 g/mol. The van der Waals surface area contributed by atoms with Crippen molar-refractivity contribution in [3.8, 4) is 0 Å². The molecule has 1 heterocycles. The van der Waals surface area contributed by atoms with Gasteiger partial charge < -0.3 is 20.1 Å². The first-order valence-electron chi connectivity index (χ1n) is 10.2. The highest BCUT2D eigenvalue weighted by molar-refractivity contribution is 5.79. The first kappa shape index (κ1) is 21.3. The molecule has 1 aliphatic heterocycles. The molecule has 1 fully saturated rings. The lowest BCUT2D eigenvalue weighted by molar-refractivity contribution is -0.0390. The minimum atomic E-state index is -0.209. The van der Waals surface area contributed by atoms with Crippen molar-refractivity contribution in [1.82, 2.24) is 10.6 Å². The van der Waals surface area contributed by atoms with Gasteiger partial charge in [0.05, 0.1) is 12.7 Å². The number of hydrogen-bond acceptors (Lipinski definition) is 3. The van der Waals surface area contributed by atoms with Gasteiger partial charge >= 0.3 is 0 Å². The Kier molecular flexibility index (Phi) is 8.46. The second kappa shape index (κ2) is 11.5. The molecule has 2 aromatic rings. The van der Waals surface area contributed by atoms with E-state index >= 15 is 0 Å². The Morgan fingerprint density at radius 2 is 1.83 bits per heavy atom. The lowest BCUT2D eigenvalue weighted by atomic mass is 10.1. The standard InChI is InChI=1S/C23H30FN3O2/c1-25-23(26-12-9-18-5-7-21(24)8-6-18)27-16-19-3-2-4-20(15-19)17-29-22-10-13-28-14-11-22/h2-8,15,22H,9-14,16-17H2,1H3,(H2,25,26,27). The Morgan fingerprint density at radius 1 is 1.07 bits per heavy atom. The van der Waals surface area contributed by atoms with Crippen molar-refractivity contribution in [2.75, 3.05) is 26.8 Å². The molecule has 156 valence electrons. The largest absolute Gasteiger partial charge is 0.381 e. The molecule has 0 bridgehead atoms. The molecule has 0 atom stereocenters. The first-order valence-corrected chi connectivity index (χ1v) is 10.2. The maximum absolute atomic E-state index is 13.0. The van der Waals surface area contributed by atoms with Crippen LogP contribution in [0.1, 0.15) is 29.5 Å². The molecule has 6 heteroatoms. The highest BCUT2D eigenvalue weighted by Gasteiger charge is 2.14. The molecular weight excluding hydrogens is 369 g/mol. The zero-order valence-electron chi connectivity index (χ0n) is 17.0. The van der Waals surface area contributed by atoms with Crippen LogP contribution >= 0.6 is 0 Å². The van der Waals surface area contributed by atoms with Gasteiger partial charge in [-0.05, 0) is 48.1 Å². The molecule has 1 saturated heterocycles. The van der Waals surface area contributed by atoms with Crippen molar-refractivity contribution in [3.63, 3.8) is 0 Å². The van der Waals surface area contributed by atoms with Crippen LogP contribution in [-0.4, -0.2) is 38.9 Å². The van der Waals surface area contributed by atoms with Gasteiger partial charge in [-0.15, -0.1) is 0 Å². The zero-order valence-corrected chi connectivity index (χ0v) is 17.0. The predicted molar refractivity (Wildman–Crippen MR) is 113 cm³/mol. The molecule has 29 heavy (non-hydrogen) atoms. The third-order valence-electron chi connectivity index (χ3n) is 4.95. The van der Waals surface area contributed by atoms with Gasteiger partial charge in [0.1, 0.15) is 5.82 Å². The second-order valence-corrected chi connectivity index (χ2v) is 7.17. The number of benzene rings is 2. The number of nitrogens with zero attached hydrogens (tertiary/aromatic N) is 1. The fourth-order valence-corrected chi connectivity index (χ4v) is 3.27. The van der Waals surface area contributed by atoms with Crippen LogP contribution in [0.4, 0.5) is 4.39 Å². The Morgan fingerprint density at radius 3 is 2.59 bits per heavy atom. The van der Waals surface area contributed by atoms with Gasteiger partial charge in [-0.1, -0.05) is 36.4 Å². The van der Waals surface area contributed by atoms with E-state index in [1.807, 2.05) is 0 Å². The lowest BCUT2D eigenvalue weighted by Crippen LogP contribution is -2.37. The number of ether oxygens (including phenoxy) is 2. The van der Waals surface area contributed by atoms with E-state index in [1.165, 1.54) is 23.3 Å². The van der Waals surface area contributed by atoms with E-state index in [-0.39, 0.29) is 5.82 Å². The first-order chi connectivity index (χ1) is 14.2. The van der Waals surface area contributed by atoms with Gasteiger partial charge in [0.25, 0.3) is 0 Å². The van der Waals surface area contributed by atoms with Crippen LogP contribution in [0.25, 0.3) is 0 Å². The summed E-state index contributed by atoms with van der Waals surface area (Å²) in [7, 11) is 1.76. The molecule has 1 aliphatic rings. The molecule has 0 amide bonds. The third kappa shape index (κ3) is 7.48. The van der Waals surface area contributed by atoms with Gasteiger partial charge in [0.15, 0.2) is 5.96 Å². The molecule has 0 spiro atoms. The van der Waals surface area contributed by atoms with Crippen LogP contribution in [0.5, 0.6) is 0 Å². The maximum atomic E-state index is 13.0. The summed E-state index contributed by atoms with van der Waals surface area (Å²) in [6.45, 7) is 3.62. The molecular formula is C23H30FN3O2. The normalized spacial score (nSPS) is 15.3. The Hall–Kier alpha value is -2.44. The van der Waals surface area contributed by atoms with Crippen LogP contribution in [0.3, 0.4) is 0 Å². The summed E-state index contributed by atoms with van der Waals surface area (Å²) in [6, 6.07) is 15.0. The smallest absolute Gasteiger partial charge is 0.191 e. The average molecular weight is 400 g/mol. The van der Waals surface area contributed by atoms with E-state index in [1.54, 1.807) is 19.2 Å². The van der Waals surface area contributed by atoms with Gasteiger partial charge in [-0.2, -0.15) is 0 Å². The van der Waals surface area contributed by atoms with E-state index in [0.29, 0.717) is 19.3 Å². The summed E-state index contributed by atoms with van der Waals surface area (Å²) in [5, 5.41) is 6.63. The van der Waals surface area contributed by atoms with Gasteiger partial charge in [-0.25, -0.2) is 4.39 Å². The minimum Gasteiger partial charge on any atom is -0.381 e. The molecule has 2 aromatic carbocycles.